The minimum Gasteiger partial charge on any atom is -0.355 e. The lowest BCUT2D eigenvalue weighted by Gasteiger charge is -2.22. The molecule has 6 aromatic rings. The van der Waals surface area contributed by atoms with E-state index in [1.807, 2.05) is 11.3 Å². The van der Waals surface area contributed by atoms with Crippen LogP contribution in [-0.4, -0.2) is 0 Å². The van der Waals surface area contributed by atoms with Crippen molar-refractivity contribution < 1.29 is 0 Å². The van der Waals surface area contributed by atoms with Gasteiger partial charge in [-0.1, -0.05) is 97.4 Å². The molecule has 0 fully saturated rings. The number of thiophene rings is 1. The van der Waals surface area contributed by atoms with Crippen LogP contribution in [-0.2, 0) is 0 Å². The maximum absolute atomic E-state index is 3.72. The maximum Gasteiger partial charge on any atom is 0.0463 e. The molecule has 7 rings (SSSR count). The summed E-state index contributed by atoms with van der Waals surface area (Å²) in [7, 11) is 0. The Morgan fingerprint density at radius 3 is 2.50 bits per heavy atom. The van der Waals surface area contributed by atoms with Crippen LogP contribution >= 0.6 is 11.3 Å². The number of allylic oxidation sites excluding steroid dienone is 1. The smallest absolute Gasteiger partial charge is 0.0463 e. The highest BCUT2D eigenvalue weighted by Gasteiger charge is 2.23. The molecule has 0 spiro atoms. The summed E-state index contributed by atoms with van der Waals surface area (Å²) in [6.45, 7) is 4.57. The highest BCUT2D eigenvalue weighted by Crippen LogP contribution is 2.48. The molecule has 1 N–H and O–H groups in total. The van der Waals surface area contributed by atoms with E-state index in [2.05, 4.69) is 122 Å². The van der Waals surface area contributed by atoms with Gasteiger partial charge in [0.2, 0.25) is 0 Å². The monoisotopic (exact) mass is 481 g/mol. The van der Waals surface area contributed by atoms with Gasteiger partial charge in [-0.2, -0.15) is 0 Å². The molecule has 1 unspecified atom stereocenters. The van der Waals surface area contributed by atoms with Gasteiger partial charge >= 0.3 is 0 Å². The molecule has 0 aliphatic heterocycles. The van der Waals surface area contributed by atoms with Crippen molar-refractivity contribution in [1.82, 2.24) is 0 Å². The summed E-state index contributed by atoms with van der Waals surface area (Å²) in [4.78, 5) is 0. The van der Waals surface area contributed by atoms with E-state index in [0.29, 0.717) is 5.92 Å². The van der Waals surface area contributed by atoms with Crippen molar-refractivity contribution in [3.05, 3.63) is 114 Å². The quantitative estimate of drug-likeness (QED) is 0.265. The van der Waals surface area contributed by atoms with Crippen molar-refractivity contribution in [1.29, 1.82) is 0 Å². The Balaban J connectivity index is 1.42. The summed E-state index contributed by atoms with van der Waals surface area (Å²) in [6.07, 6.45) is 5.81. The Kier molecular flexibility index (Phi) is 4.97. The van der Waals surface area contributed by atoms with Crippen LogP contribution < -0.4 is 5.32 Å². The predicted molar refractivity (Wildman–Crippen MR) is 159 cm³/mol. The Labute approximate surface area is 215 Å². The first-order valence-electron chi connectivity index (χ1n) is 12.7. The summed E-state index contributed by atoms with van der Waals surface area (Å²) in [5.74, 6) is 0.519. The number of anilines is 2. The number of nitrogens with one attached hydrogen (secondary N) is 1. The summed E-state index contributed by atoms with van der Waals surface area (Å²) in [5, 5.41) is 9.31. The first-order chi connectivity index (χ1) is 17.7. The van der Waals surface area contributed by atoms with Crippen molar-refractivity contribution >= 4 is 59.7 Å². The van der Waals surface area contributed by atoms with Crippen LogP contribution in [0.5, 0.6) is 0 Å². The van der Waals surface area contributed by atoms with Gasteiger partial charge in [0, 0.05) is 42.5 Å². The number of rotatable bonds is 3. The fourth-order valence-electron chi connectivity index (χ4n) is 5.81. The van der Waals surface area contributed by atoms with Crippen LogP contribution in [0.3, 0.4) is 0 Å². The molecule has 1 aliphatic rings. The summed E-state index contributed by atoms with van der Waals surface area (Å²) in [5.41, 5.74) is 8.94. The van der Waals surface area contributed by atoms with Crippen molar-refractivity contribution in [3.63, 3.8) is 0 Å². The number of fused-ring (bicyclic) bond motifs is 8. The number of hydrogen-bond acceptors (Lipinski definition) is 2. The molecule has 1 atom stereocenters. The maximum atomic E-state index is 3.72. The van der Waals surface area contributed by atoms with Gasteiger partial charge in [-0.05, 0) is 59.5 Å². The zero-order valence-corrected chi connectivity index (χ0v) is 21.3. The van der Waals surface area contributed by atoms with Gasteiger partial charge in [-0.3, -0.25) is 0 Å². The summed E-state index contributed by atoms with van der Waals surface area (Å²) >= 11 is 1.93. The van der Waals surface area contributed by atoms with E-state index in [1.54, 1.807) is 0 Å². The Hall–Kier alpha value is -3.88. The van der Waals surface area contributed by atoms with Crippen LogP contribution in [0, 0.1) is 6.92 Å². The normalized spacial score (nSPS) is 15.0. The molecule has 1 aliphatic carbocycles. The molecule has 36 heavy (non-hydrogen) atoms. The molecule has 2 heteroatoms. The van der Waals surface area contributed by atoms with Gasteiger partial charge in [0.25, 0.3) is 0 Å². The number of benzene rings is 5. The van der Waals surface area contributed by atoms with Gasteiger partial charge in [0.05, 0.1) is 0 Å². The molecule has 0 saturated carbocycles. The lowest BCUT2D eigenvalue weighted by atomic mass is 9.82. The second-order valence-electron chi connectivity index (χ2n) is 9.97. The minimum absolute atomic E-state index is 0.519. The third kappa shape index (κ3) is 3.37. The van der Waals surface area contributed by atoms with E-state index < -0.39 is 0 Å². The Bertz CT molecular complexity index is 1810. The third-order valence-corrected chi connectivity index (χ3v) is 8.70. The molecule has 0 saturated heterocycles. The lowest BCUT2D eigenvalue weighted by molar-refractivity contribution is 0.781. The van der Waals surface area contributed by atoms with Crippen molar-refractivity contribution in [2.24, 2.45) is 0 Å². The number of para-hydroxylation sites is 1. The van der Waals surface area contributed by atoms with Gasteiger partial charge < -0.3 is 5.32 Å². The molecule has 174 valence electrons. The van der Waals surface area contributed by atoms with Crippen LogP contribution in [0.4, 0.5) is 11.4 Å². The van der Waals surface area contributed by atoms with Gasteiger partial charge in [-0.25, -0.2) is 0 Å². The summed E-state index contributed by atoms with van der Waals surface area (Å²) < 4.78 is 2.76. The van der Waals surface area contributed by atoms with E-state index >= 15 is 0 Å². The third-order valence-electron chi connectivity index (χ3n) is 7.52. The fourth-order valence-corrected chi connectivity index (χ4v) is 7.10. The molecule has 1 heterocycles. The largest absolute Gasteiger partial charge is 0.355 e. The lowest BCUT2D eigenvalue weighted by Crippen LogP contribution is -2.02. The molecular formula is C34H27NS. The molecule has 1 nitrogen and oxygen atoms in total. The molecule has 1 aromatic heterocycles. The van der Waals surface area contributed by atoms with E-state index in [-0.39, 0.29) is 0 Å². The van der Waals surface area contributed by atoms with Crippen molar-refractivity contribution in [2.45, 2.75) is 26.2 Å². The zero-order valence-electron chi connectivity index (χ0n) is 20.5. The highest BCUT2D eigenvalue weighted by molar-refractivity contribution is 7.26. The fraction of sp³-hybridized carbons (Fsp3) is 0.118. The predicted octanol–water partition coefficient (Wildman–Crippen LogP) is 10.4. The topological polar surface area (TPSA) is 12.0 Å². The van der Waals surface area contributed by atoms with Crippen molar-refractivity contribution in [3.8, 4) is 11.1 Å². The van der Waals surface area contributed by atoms with E-state index in [1.165, 1.54) is 58.8 Å². The minimum atomic E-state index is 0.519. The van der Waals surface area contributed by atoms with Gasteiger partial charge in [0.1, 0.15) is 0 Å². The van der Waals surface area contributed by atoms with E-state index in [0.717, 1.165) is 17.8 Å². The first-order valence-corrected chi connectivity index (χ1v) is 13.5. The second-order valence-corrected chi connectivity index (χ2v) is 11.0. The molecular weight excluding hydrogens is 454 g/mol. The van der Waals surface area contributed by atoms with Crippen LogP contribution in [0.1, 0.15) is 36.0 Å². The van der Waals surface area contributed by atoms with Crippen LogP contribution in [0.15, 0.2) is 97.1 Å². The molecule has 0 radical (unpaired) electrons. The molecule has 0 amide bonds. The van der Waals surface area contributed by atoms with E-state index in [4.69, 9.17) is 0 Å². The van der Waals surface area contributed by atoms with Gasteiger partial charge in [-0.15, -0.1) is 11.3 Å². The SMILES string of the molecule is Cc1ccc2c(c1)c1c(c3c4ccc(Nc5ccccc5-c5ccccc5)cc4sc23)C(C)CC=C1. The van der Waals surface area contributed by atoms with Crippen molar-refractivity contribution in [2.75, 3.05) is 5.32 Å². The van der Waals surface area contributed by atoms with Crippen LogP contribution in [0.2, 0.25) is 0 Å². The van der Waals surface area contributed by atoms with E-state index in [9.17, 15) is 0 Å². The number of hydrogen-bond donors (Lipinski definition) is 1. The van der Waals surface area contributed by atoms with Gasteiger partial charge in [0.15, 0.2) is 0 Å². The summed E-state index contributed by atoms with van der Waals surface area (Å²) in [6, 6.07) is 33.0. The zero-order chi connectivity index (χ0) is 24.2. The second kappa shape index (κ2) is 8.36. The molecule has 5 aromatic carbocycles. The standard InChI is InChI=1S/C34H27NS/c1-21-15-17-27-29(19-21)26-13-8-9-22(2)32(26)33-28-18-16-24(20-31(28)36-34(27)33)35-30-14-7-6-12-25(30)23-10-4-3-5-11-23/h3-8,10-20,22,35H,9H2,1-2H3. The molecule has 0 bridgehead atoms. The Morgan fingerprint density at radius 1 is 0.806 bits per heavy atom. The highest BCUT2D eigenvalue weighted by atomic mass is 32.1. The first kappa shape index (κ1) is 21.4. The average molecular weight is 482 g/mol. The number of aryl methyl sites for hydroxylation is 1. The van der Waals surface area contributed by atoms with Crippen LogP contribution in [0.25, 0.3) is 48.1 Å². The average Bonchev–Trinajstić information content (AvgIpc) is 3.28. The Morgan fingerprint density at radius 2 is 1.61 bits per heavy atom.